The molecular weight excluding hydrogens is 330 g/mol. The Labute approximate surface area is 152 Å². The summed E-state index contributed by atoms with van der Waals surface area (Å²) in [5.74, 6) is -0.235. The third-order valence-corrected chi connectivity index (χ3v) is 5.76. The van der Waals surface area contributed by atoms with E-state index in [1.54, 1.807) is 0 Å². The predicted molar refractivity (Wildman–Crippen MR) is 101 cm³/mol. The highest BCUT2D eigenvalue weighted by atomic mass is 19.1. The van der Waals surface area contributed by atoms with Gasteiger partial charge in [-0.15, -0.1) is 0 Å². The molecule has 1 aromatic rings. The minimum absolute atomic E-state index is 0.0134. The van der Waals surface area contributed by atoms with Gasteiger partial charge in [0.2, 0.25) is 0 Å². The maximum atomic E-state index is 14.2. The Balaban J connectivity index is 1.68. The molecule has 0 spiro atoms. The molecule has 1 unspecified atom stereocenters. The van der Waals surface area contributed by atoms with Crippen LogP contribution in [0.5, 0.6) is 0 Å². The van der Waals surface area contributed by atoms with Crippen LogP contribution in [0.25, 0.3) is 5.57 Å². The third kappa shape index (κ3) is 2.90. The Hall–Kier alpha value is -2.26. The number of allylic oxidation sites excluding steroid dienone is 8. The molecule has 1 N–H and O–H groups in total. The quantitative estimate of drug-likeness (QED) is 0.762. The number of aliphatic hydroxyl groups is 1. The zero-order valence-electron chi connectivity index (χ0n) is 14.6. The highest BCUT2D eigenvalue weighted by Crippen LogP contribution is 2.49. The van der Waals surface area contributed by atoms with Gasteiger partial charge in [-0.1, -0.05) is 48.1 Å². The van der Waals surface area contributed by atoms with E-state index >= 15 is 0 Å². The van der Waals surface area contributed by atoms with E-state index in [2.05, 4.69) is 12.2 Å². The summed E-state index contributed by atoms with van der Waals surface area (Å²) < 4.78 is 27.4. The first-order valence-corrected chi connectivity index (χ1v) is 9.10. The third-order valence-electron chi connectivity index (χ3n) is 5.76. The van der Waals surface area contributed by atoms with Gasteiger partial charge in [-0.2, -0.15) is 0 Å². The lowest BCUT2D eigenvalue weighted by molar-refractivity contribution is 0.310. The average molecular weight is 352 g/mol. The summed E-state index contributed by atoms with van der Waals surface area (Å²) in [5.41, 5.74) is 5.98. The van der Waals surface area contributed by atoms with E-state index in [1.165, 1.54) is 23.3 Å². The molecule has 0 aromatic heterocycles. The summed E-state index contributed by atoms with van der Waals surface area (Å²) in [4.78, 5) is 0. The van der Waals surface area contributed by atoms with Crippen LogP contribution in [0.4, 0.5) is 8.78 Å². The van der Waals surface area contributed by atoms with Crippen LogP contribution in [0.3, 0.4) is 0 Å². The number of benzene rings is 1. The van der Waals surface area contributed by atoms with Crippen molar-refractivity contribution in [1.29, 1.82) is 0 Å². The molecule has 0 aliphatic heterocycles. The lowest BCUT2D eigenvalue weighted by Gasteiger charge is -2.33. The van der Waals surface area contributed by atoms with Crippen molar-refractivity contribution in [2.24, 2.45) is 5.41 Å². The van der Waals surface area contributed by atoms with Gasteiger partial charge in [-0.3, -0.25) is 0 Å². The van der Waals surface area contributed by atoms with E-state index in [9.17, 15) is 13.9 Å². The molecule has 4 rings (SSSR count). The molecule has 1 atom stereocenters. The van der Waals surface area contributed by atoms with Crippen molar-refractivity contribution < 1.29 is 13.9 Å². The molecule has 3 aliphatic rings. The number of hydrogen-bond donors (Lipinski definition) is 1. The van der Waals surface area contributed by atoms with Crippen molar-refractivity contribution in [3.05, 3.63) is 88.3 Å². The van der Waals surface area contributed by atoms with Gasteiger partial charge in [0.15, 0.2) is 0 Å². The summed E-state index contributed by atoms with van der Waals surface area (Å²) in [7, 11) is 0. The molecule has 0 amide bonds. The van der Waals surface area contributed by atoms with E-state index < -0.39 is 12.1 Å². The van der Waals surface area contributed by atoms with Gasteiger partial charge in [0.05, 0.1) is 6.61 Å². The van der Waals surface area contributed by atoms with Crippen molar-refractivity contribution in [2.75, 3.05) is 13.3 Å². The average Bonchev–Trinajstić information content (AvgIpc) is 3.12. The van der Waals surface area contributed by atoms with Crippen LogP contribution in [-0.2, 0) is 0 Å². The van der Waals surface area contributed by atoms with Crippen LogP contribution in [0.1, 0.15) is 31.2 Å². The first-order valence-electron chi connectivity index (χ1n) is 9.10. The Morgan fingerprint density at radius 3 is 2.54 bits per heavy atom. The maximum Gasteiger partial charge on any atom is 0.123 e. The number of halogens is 2. The molecule has 3 heteroatoms. The monoisotopic (exact) mass is 352 g/mol. The highest BCUT2D eigenvalue weighted by molar-refractivity contribution is 5.74. The lowest BCUT2D eigenvalue weighted by atomic mass is 9.71. The minimum atomic E-state index is -0.641. The van der Waals surface area contributed by atoms with Crippen molar-refractivity contribution in [2.45, 2.75) is 25.7 Å². The van der Waals surface area contributed by atoms with E-state index in [0.29, 0.717) is 6.42 Å². The molecule has 0 saturated heterocycles. The van der Waals surface area contributed by atoms with Crippen LogP contribution >= 0.6 is 0 Å². The van der Waals surface area contributed by atoms with E-state index in [-0.39, 0.29) is 12.4 Å². The van der Waals surface area contributed by atoms with Crippen LogP contribution < -0.4 is 0 Å². The molecular formula is C23H22F2O. The van der Waals surface area contributed by atoms with Crippen LogP contribution in [0.2, 0.25) is 0 Å². The molecule has 26 heavy (non-hydrogen) atoms. The summed E-state index contributed by atoms with van der Waals surface area (Å²) in [6.07, 6.45) is 13.4. The van der Waals surface area contributed by atoms with E-state index in [0.717, 1.165) is 41.5 Å². The van der Waals surface area contributed by atoms with E-state index in [4.69, 9.17) is 0 Å². The normalized spacial score (nSPS) is 25.0. The summed E-state index contributed by atoms with van der Waals surface area (Å²) in [6.45, 7) is -0.471. The summed E-state index contributed by atoms with van der Waals surface area (Å²) in [6, 6.07) is 6.60. The second-order valence-electron chi connectivity index (χ2n) is 7.28. The number of rotatable bonds is 4. The fourth-order valence-electron chi connectivity index (χ4n) is 4.15. The molecule has 0 fully saturated rings. The first kappa shape index (κ1) is 17.2. The fourth-order valence-corrected chi connectivity index (χ4v) is 4.15. The van der Waals surface area contributed by atoms with Crippen LogP contribution in [0.15, 0.2) is 76.9 Å². The minimum Gasteiger partial charge on any atom is -0.392 e. The van der Waals surface area contributed by atoms with Gasteiger partial charge in [-0.25, -0.2) is 8.78 Å². The highest BCUT2D eigenvalue weighted by Gasteiger charge is 2.37. The van der Waals surface area contributed by atoms with Gasteiger partial charge in [0.1, 0.15) is 12.5 Å². The Kier molecular flexibility index (Phi) is 4.49. The largest absolute Gasteiger partial charge is 0.392 e. The van der Waals surface area contributed by atoms with Gasteiger partial charge >= 0.3 is 0 Å². The Morgan fingerprint density at radius 2 is 1.88 bits per heavy atom. The molecule has 0 heterocycles. The van der Waals surface area contributed by atoms with Crippen molar-refractivity contribution in [3.63, 3.8) is 0 Å². The smallest absolute Gasteiger partial charge is 0.123 e. The van der Waals surface area contributed by atoms with Gasteiger partial charge in [0.25, 0.3) is 0 Å². The van der Waals surface area contributed by atoms with Crippen molar-refractivity contribution >= 4 is 5.57 Å². The van der Waals surface area contributed by atoms with Gasteiger partial charge in [0, 0.05) is 5.41 Å². The zero-order valence-corrected chi connectivity index (χ0v) is 14.6. The van der Waals surface area contributed by atoms with Crippen molar-refractivity contribution in [1.82, 2.24) is 0 Å². The summed E-state index contributed by atoms with van der Waals surface area (Å²) in [5, 5.41) is 9.29. The van der Waals surface area contributed by atoms with Gasteiger partial charge in [-0.05, 0) is 65.7 Å². The first-order chi connectivity index (χ1) is 12.6. The lowest BCUT2D eigenvalue weighted by Crippen LogP contribution is -2.26. The topological polar surface area (TPSA) is 20.2 Å². The molecule has 0 saturated carbocycles. The fraction of sp³-hybridized carbons (Fsp3) is 0.304. The SMILES string of the molecule is OCC1=CCC(CF)(C2=CCC3=C2C=C(c2ccc(F)cc2)CC3)C=C1. The molecule has 1 nitrogen and oxygen atoms in total. The number of hydrogen-bond acceptors (Lipinski definition) is 1. The van der Waals surface area contributed by atoms with Gasteiger partial charge < -0.3 is 5.11 Å². The molecule has 0 bridgehead atoms. The Bertz CT molecular complexity index is 868. The zero-order chi connectivity index (χ0) is 18.1. The number of alkyl halides is 1. The van der Waals surface area contributed by atoms with E-state index in [1.807, 2.05) is 30.4 Å². The predicted octanol–water partition coefficient (Wildman–Crippen LogP) is 5.46. The Morgan fingerprint density at radius 1 is 1.08 bits per heavy atom. The molecule has 134 valence electrons. The second-order valence-corrected chi connectivity index (χ2v) is 7.28. The molecule has 1 aromatic carbocycles. The standard InChI is InChI=1S/C23H22F2O/c24-15-23(11-9-16(14-26)10-12-23)22-8-5-18-1-2-19(13-21(18)22)17-3-6-20(25)7-4-17/h3-4,6-11,13,26H,1-2,5,12,14-15H2. The number of aliphatic hydroxyl groups excluding tert-OH is 1. The van der Waals surface area contributed by atoms with Crippen LogP contribution in [-0.4, -0.2) is 18.4 Å². The second kappa shape index (κ2) is 6.81. The van der Waals surface area contributed by atoms with Crippen LogP contribution in [0, 0.1) is 11.2 Å². The molecule has 3 aliphatic carbocycles. The summed E-state index contributed by atoms with van der Waals surface area (Å²) >= 11 is 0. The van der Waals surface area contributed by atoms with Crippen molar-refractivity contribution in [3.8, 4) is 0 Å². The molecule has 0 radical (unpaired) electrons. The maximum absolute atomic E-state index is 14.2.